The molecule has 1 aromatic rings. The molecule has 1 atom stereocenters. The van der Waals surface area contributed by atoms with Crippen molar-refractivity contribution in [1.82, 2.24) is 15.2 Å². The van der Waals surface area contributed by atoms with Crippen molar-refractivity contribution >= 4 is 22.5 Å². The lowest BCUT2D eigenvalue weighted by molar-refractivity contribution is 0.220. The summed E-state index contributed by atoms with van der Waals surface area (Å²) < 4.78 is 12.0. The molecule has 0 bridgehead atoms. The molecule has 7 heteroatoms. The Hall–Kier alpha value is -1.63. The minimum absolute atomic E-state index is 0.0929. The van der Waals surface area contributed by atoms with Gasteiger partial charge in [0.05, 0.1) is 27.6 Å². The van der Waals surface area contributed by atoms with Crippen molar-refractivity contribution in [1.29, 1.82) is 0 Å². The predicted molar refractivity (Wildman–Crippen MR) is 64.9 cm³/mol. The Kier molecular flexibility index (Phi) is 3.58. The van der Waals surface area contributed by atoms with E-state index >= 15 is 0 Å². The van der Waals surface area contributed by atoms with Crippen LogP contribution in [0.2, 0.25) is 0 Å². The van der Waals surface area contributed by atoms with Crippen molar-refractivity contribution in [2.24, 2.45) is 0 Å². The van der Waals surface area contributed by atoms with Gasteiger partial charge in [-0.1, -0.05) is 0 Å². The second-order valence-electron chi connectivity index (χ2n) is 3.68. The van der Waals surface area contributed by atoms with Gasteiger partial charge < -0.3 is 16.0 Å². The first-order valence-electron chi connectivity index (χ1n) is 5.29. The van der Waals surface area contributed by atoms with Gasteiger partial charge in [0.1, 0.15) is 0 Å². The van der Waals surface area contributed by atoms with Crippen LogP contribution in [0.1, 0.15) is 0 Å². The van der Waals surface area contributed by atoms with Gasteiger partial charge in [0.25, 0.3) is 0 Å². The molecule has 0 aliphatic carbocycles. The third-order valence-electron chi connectivity index (χ3n) is 2.55. The average molecular weight is 254 g/mol. The first kappa shape index (κ1) is 11.8. The molecule has 2 rings (SSSR count). The number of hydrogen-bond donors (Lipinski definition) is 2. The number of carbonyl (C=O) groups excluding carboxylic acids is 1. The summed E-state index contributed by atoms with van der Waals surface area (Å²) in [5.41, 5.74) is 6.11. The molecule has 3 N–H and O–H groups in total. The summed E-state index contributed by atoms with van der Waals surface area (Å²) in [6.07, 6.45) is 3.04. The van der Waals surface area contributed by atoms with Crippen LogP contribution in [0, 0.1) is 0 Å². The first-order valence-corrected chi connectivity index (χ1v) is 6.61. The maximum Gasteiger partial charge on any atom is 0.317 e. The molecule has 1 unspecified atom stereocenters. The van der Waals surface area contributed by atoms with Crippen LogP contribution >= 0.6 is 0 Å². The lowest BCUT2D eigenvalue weighted by Gasteiger charge is -2.13. The van der Waals surface area contributed by atoms with E-state index in [1.807, 2.05) is 0 Å². The normalized spacial score (nSPS) is 16.9. The topological polar surface area (TPSA) is 88.3 Å². The fourth-order valence-electron chi connectivity index (χ4n) is 1.63. The van der Waals surface area contributed by atoms with Gasteiger partial charge in [0.15, 0.2) is 0 Å². The Morgan fingerprint density at radius 2 is 2.41 bits per heavy atom. The Bertz CT molecular complexity index is 452. The molecule has 2 heterocycles. The molecule has 2 amide bonds. The largest absolute Gasteiger partial charge is 0.396 e. The number of nitrogens with two attached hydrogens (primary N) is 1. The number of carbonyl (C=O) groups is 1. The summed E-state index contributed by atoms with van der Waals surface area (Å²) in [6.45, 7) is 1.80. The van der Waals surface area contributed by atoms with Gasteiger partial charge in [-0.3, -0.25) is 9.19 Å². The minimum atomic E-state index is -1.19. The Labute approximate surface area is 102 Å². The Morgan fingerprint density at radius 1 is 1.59 bits per heavy atom. The molecule has 1 fully saturated rings. The smallest absolute Gasteiger partial charge is 0.317 e. The molecule has 0 aromatic carbocycles. The number of nitrogen functional groups attached to an aromatic ring is 1. The highest BCUT2D eigenvalue weighted by molar-refractivity contribution is 7.85. The van der Waals surface area contributed by atoms with E-state index in [0.29, 0.717) is 36.0 Å². The van der Waals surface area contributed by atoms with Crippen LogP contribution in [0.3, 0.4) is 0 Å². The van der Waals surface area contributed by atoms with E-state index in [0.717, 1.165) is 0 Å². The predicted octanol–water partition coefficient (Wildman–Crippen LogP) is -0.203. The summed E-state index contributed by atoms with van der Waals surface area (Å²) >= 11 is 0. The molecule has 0 spiro atoms. The van der Waals surface area contributed by atoms with E-state index in [1.165, 1.54) is 6.20 Å². The fraction of sp³-hybridized carbons (Fsp3) is 0.400. The van der Waals surface area contributed by atoms with Crippen LogP contribution in [0.4, 0.5) is 10.5 Å². The van der Waals surface area contributed by atoms with Crippen molar-refractivity contribution in [3.8, 4) is 0 Å². The highest BCUT2D eigenvalue weighted by atomic mass is 32.2. The quantitative estimate of drug-likeness (QED) is 0.778. The third-order valence-corrected chi connectivity index (χ3v) is 3.96. The molecule has 1 saturated heterocycles. The second-order valence-corrected chi connectivity index (χ2v) is 5.22. The van der Waals surface area contributed by atoms with Gasteiger partial charge >= 0.3 is 6.03 Å². The summed E-state index contributed by atoms with van der Waals surface area (Å²) in [5, 5.41) is 2.70. The van der Waals surface area contributed by atoms with Gasteiger partial charge in [0.2, 0.25) is 0 Å². The fourth-order valence-corrected chi connectivity index (χ4v) is 2.76. The van der Waals surface area contributed by atoms with Crippen molar-refractivity contribution < 1.29 is 9.00 Å². The van der Waals surface area contributed by atoms with Gasteiger partial charge in [-0.15, -0.1) is 0 Å². The monoisotopic (exact) mass is 254 g/mol. The zero-order valence-corrected chi connectivity index (χ0v) is 10.1. The summed E-state index contributed by atoms with van der Waals surface area (Å²) in [7, 11) is -1.19. The SMILES string of the molecule is Nc1cnccc1S(=O)CCN1CCNC1=O. The first-order chi connectivity index (χ1) is 8.18. The minimum Gasteiger partial charge on any atom is -0.396 e. The number of urea groups is 1. The maximum absolute atomic E-state index is 12.0. The van der Waals surface area contributed by atoms with E-state index in [-0.39, 0.29) is 6.03 Å². The van der Waals surface area contributed by atoms with Crippen molar-refractivity contribution in [3.63, 3.8) is 0 Å². The van der Waals surface area contributed by atoms with Gasteiger partial charge in [-0.2, -0.15) is 0 Å². The number of pyridine rings is 1. The molecule has 1 aliphatic heterocycles. The summed E-state index contributed by atoms with van der Waals surface area (Å²) in [4.78, 5) is 17.3. The lowest BCUT2D eigenvalue weighted by atomic mass is 10.4. The number of anilines is 1. The number of nitrogens with one attached hydrogen (secondary N) is 1. The zero-order chi connectivity index (χ0) is 12.3. The summed E-state index contributed by atoms with van der Waals surface area (Å²) in [6, 6.07) is 1.56. The van der Waals surface area contributed by atoms with Crippen molar-refractivity contribution in [2.75, 3.05) is 31.1 Å². The molecule has 0 saturated carbocycles. The van der Waals surface area contributed by atoms with E-state index in [2.05, 4.69) is 10.3 Å². The van der Waals surface area contributed by atoms with Crippen LogP contribution in [-0.4, -0.2) is 45.5 Å². The average Bonchev–Trinajstić information content (AvgIpc) is 2.72. The molecular formula is C10H14N4O2S. The number of aromatic nitrogens is 1. The van der Waals surface area contributed by atoms with Crippen LogP contribution in [0.25, 0.3) is 0 Å². The van der Waals surface area contributed by atoms with Crippen LogP contribution in [0.5, 0.6) is 0 Å². The van der Waals surface area contributed by atoms with Crippen LogP contribution in [-0.2, 0) is 10.8 Å². The molecule has 1 aliphatic rings. The second kappa shape index (κ2) is 5.13. The molecule has 1 aromatic heterocycles. The van der Waals surface area contributed by atoms with Crippen molar-refractivity contribution in [3.05, 3.63) is 18.5 Å². The highest BCUT2D eigenvalue weighted by Gasteiger charge is 2.20. The zero-order valence-electron chi connectivity index (χ0n) is 9.26. The lowest BCUT2D eigenvalue weighted by Crippen LogP contribution is -2.31. The molecule has 6 nitrogen and oxygen atoms in total. The van der Waals surface area contributed by atoms with E-state index in [9.17, 15) is 9.00 Å². The number of rotatable bonds is 4. The van der Waals surface area contributed by atoms with E-state index in [1.54, 1.807) is 17.2 Å². The van der Waals surface area contributed by atoms with E-state index in [4.69, 9.17) is 5.73 Å². The molecular weight excluding hydrogens is 240 g/mol. The number of amides is 2. The van der Waals surface area contributed by atoms with Gasteiger partial charge in [0, 0.05) is 31.6 Å². The van der Waals surface area contributed by atoms with Gasteiger partial charge in [-0.25, -0.2) is 4.79 Å². The number of hydrogen-bond acceptors (Lipinski definition) is 4. The summed E-state index contributed by atoms with van der Waals surface area (Å²) in [5.74, 6) is 0.391. The number of nitrogens with zero attached hydrogens (tertiary/aromatic N) is 2. The maximum atomic E-state index is 12.0. The van der Waals surface area contributed by atoms with Crippen LogP contribution < -0.4 is 11.1 Å². The molecule has 0 radical (unpaired) electrons. The third kappa shape index (κ3) is 2.73. The Morgan fingerprint density at radius 3 is 3.06 bits per heavy atom. The standard InChI is InChI=1S/C10H14N4O2S/c11-8-7-12-2-1-9(8)17(16)6-5-14-4-3-13-10(14)15/h1-2,7H,3-6,11H2,(H,13,15). The van der Waals surface area contributed by atoms with Crippen molar-refractivity contribution in [2.45, 2.75) is 4.90 Å². The molecule has 92 valence electrons. The Balaban J connectivity index is 1.94. The van der Waals surface area contributed by atoms with Gasteiger partial charge in [-0.05, 0) is 6.07 Å². The van der Waals surface area contributed by atoms with Crippen LogP contribution in [0.15, 0.2) is 23.4 Å². The highest BCUT2D eigenvalue weighted by Crippen LogP contribution is 2.14. The van der Waals surface area contributed by atoms with E-state index < -0.39 is 10.8 Å². The molecule has 17 heavy (non-hydrogen) atoms.